The van der Waals surface area contributed by atoms with Crippen LogP contribution in [0.15, 0.2) is 0 Å². The van der Waals surface area contributed by atoms with Crippen molar-refractivity contribution in [2.45, 2.75) is 44.6 Å². The van der Waals surface area contributed by atoms with Crippen LogP contribution in [0, 0.1) is 0 Å². The van der Waals surface area contributed by atoms with Gasteiger partial charge in [-0.05, 0) is 25.7 Å². The molecule has 0 aromatic rings. The number of piperidine rings is 1. The maximum absolute atomic E-state index is 11.7. The number of carboxylic acid groups (broad SMARTS) is 1. The fourth-order valence-electron chi connectivity index (χ4n) is 2.13. The summed E-state index contributed by atoms with van der Waals surface area (Å²) < 4.78 is 0. The minimum Gasteiger partial charge on any atom is -0.465 e. The minimum atomic E-state index is -0.897. The van der Waals surface area contributed by atoms with Crippen molar-refractivity contribution in [1.29, 1.82) is 0 Å². The fourth-order valence-corrected chi connectivity index (χ4v) is 2.52. The number of carbonyl (C=O) groups excluding carboxylic acids is 1. The Bertz CT molecular complexity index is 286. The summed E-state index contributed by atoms with van der Waals surface area (Å²) in [6.45, 7) is 0.995. The van der Waals surface area contributed by atoms with E-state index in [0.717, 1.165) is 37.4 Å². The van der Waals surface area contributed by atoms with Crippen LogP contribution in [0.1, 0.15) is 38.5 Å². The topological polar surface area (TPSA) is 69.6 Å². The highest BCUT2D eigenvalue weighted by molar-refractivity contribution is 9.09. The van der Waals surface area contributed by atoms with E-state index in [1.807, 2.05) is 0 Å². The lowest BCUT2D eigenvalue weighted by Crippen LogP contribution is -2.49. The molecule has 1 heterocycles. The first kappa shape index (κ1) is 15.3. The number of hydrogen-bond donors (Lipinski definition) is 2. The Hall–Kier alpha value is -0.780. The Labute approximate surface area is 116 Å². The first-order valence-corrected chi connectivity index (χ1v) is 7.59. The van der Waals surface area contributed by atoms with Gasteiger partial charge in [0.25, 0.3) is 0 Å². The van der Waals surface area contributed by atoms with Crippen LogP contribution < -0.4 is 5.32 Å². The van der Waals surface area contributed by atoms with Crippen LogP contribution in [-0.4, -0.2) is 46.5 Å². The standard InChI is InChI=1S/C12H21BrN2O3/c13-7-3-1-2-6-11(16)14-10-5-4-8-15(9-10)12(17)18/h10H,1-9H2,(H,14,16)(H,17,18). The van der Waals surface area contributed by atoms with E-state index in [1.165, 1.54) is 4.90 Å². The quantitative estimate of drug-likeness (QED) is 0.582. The molecule has 5 nitrogen and oxygen atoms in total. The highest BCUT2D eigenvalue weighted by Gasteiger charge is 2.23. The smallest absolute Gasteiger partial charge is 0.407 e. The summed E-state index contributed by atoms with van der Waals surface area (Å²) in [7, 11) is 0. The number of amides is 2. The van der Waals surface area contributed by atoms with Crippen LogP contribution in [0.2, 0.25) is 0 Å². The molecule has 0 aromatic carbocycles. The molecule has 2 N–H and O–H groups in total. The summed E-state index contributed by atoms with van der Waals surface area (Å²) in [6.07, 6.45) is 4.36. The van der Waals surface area contributed by atoms with Crippen LogP contribution >= 0.6 is 15.9 Å². The third kappa shape index (κ3) is 5.71. The Morgan fingerprint density at radius 3 is 2.78 bits per heavy atom. The van der Waals surface area contributed by atoms with Gasteiger partial charge in [-0.15, -0.1) is 0 Å². The van der Waals surface area contributed by atoms with E-state index in [1.54, 1.807) is 0 Å². The van der Waals surface area contributed by atoms with Crippen molar-refractivity contribution < 1.29 is 14.7 Å². The number of hydrogen-bond acceptors (Lipinski definition) is 2. The van der Waals surface area contributed by atoms with Gasteiger partial charge in [0.1, 0.15) is 0 Å². The van der Waals surface area contributed by atoms with E-state index in [-0.39, 0.29) is 11.9 Å². The van der Waals surface area contributed by atoms with Gasteiger partial charge in [-0.1, -0.05) is 22.4 Å². The molecule has 104 valence electrons. The molecule has 1 rings (SSSR count). The lowest BCUT2D eigenvalue weighted by molar-refractivity contribution is -0.122. The van der Waals surface area contributed by atoms with E-state index in [4.69, 9.17) is 5.11 Å². The molecule has 0 aliphatic carbocycles. The summed E-state index contributed by atoms with van der Waals surface area (Å²) in [5.74, 6) is 0.0433. The maximum Gasteiger partial charge on any atom is 0.407 e. The molecule has 0 bridgehead atoms. The highest BCUT2D eigenvalue weighted by atomic mass is 79.9. The molecule has 2 amide bonds. The monoisotopic (exact) mass is 320 g/mol. The first-order chi connectivity index (χ1) is 8.63. The van der Waals surface area contributed by atoms with E-state index in [2.05, 4.69) is 21.2 Å². The summed E-state index contributed by atoms with van der Waals surface area (Å²) in [5.41, 5.74) is 0. The molecule has 1 saturated heterocycles. The lowest BCUT2D eigenvalue weighted by atomic mass is 10.1. The number of alkyl halides is 1. The molecular weight excluding hydrogens is 300 g/mol. The lowest BCUT2D eigenvalue weighted by Gasteiger charge is -2.31. The molecule has 1 unspecified atom stereocenters. The molecule has 0 spiro atoms. The van der Waals surface area contributed by atoms with Crippen molar-refractivity contribution in [3.05, 3.63) is 0 Å². The molecule has 18 heavy (non-hydrogen) atoms. The molecule has 1 atom stereocenters. The Balaban J connectivity index is 2.20. The number of halogens is 1. The van der Waals surface area contributed by atoms with E-state index < -0.39 is 6.09 Å². The molecule has 0 saturated carbocycles. The van der Waals surface area contributed by atoms with Gasteiger partial charge in [0.2, 0.25) is 5.91 Å². The van der Waals surface area contributed by atoms with Gasteiger partial charge >= 0.3 is 6.09 Å². The number of nitrogens with zero attached hydrogens (tertiary/aromatic N) is 1. The fraction of sp³-hybridized carbons (Fsp3) is 0.833. The average molecular weight is 321 g/mol. The average Bonchev–Trinajstić information content (AvgIpc) is 2.35. The van der Waals surface area contributed by atoms with E-state index in [0.29, 0.717) is 19.5 Å². The predicted octanol–water partition coefficient (Wildman–Crippen LogP) is 2.20. The third-order valence-electron chi connectivity index (χ3n) is 3.09. The zero-order chi connectivity index (χ0) is 13.4. The molecule has 6 heteroatoms. The number of likely N-dealkylation sites (tertiary alicyclic amines) is 1. The predicted molar refractivity (Wildman–Crippen MR) is 73.0 cm³/mol. The second kappa shape index (κ2) is 8.34. The number of nitrogens with one attached hydrogen (secondary N) is 1. The van der Waals surface area contributed by atoms with Gasteiger partial charge in [-0.2, -0.15) is 0 Å². The van der Waals surface area contributed by atoms with Gasteiger partial charge in [0.05, 0.1) is 0 Å². The third-order valence-corrected chi connectivity index (χ3v) is 3.66. The van der Waals surface area contributed by atoms with Crippen molar-refractivity contribution in [3.63, 3.8) is 0 Å². The molecule has 1 aliphatic heterocycles. The highest BCUT2D eigenvalue weighted by Crippen LogP contribution is 2.11. The number of rotatable bonds is 6. The second-order valence-electron chi connectivity index (χ2n) is 4.63. The van der Waals surface area contributed by atoms with E-state index >= 15 is 0 Å². The number of carbonyl (C=O) groups is 2. The van der Waals surface area contributed by atoms with Crippen molar-refractivity contribution in [1.82, 2.24) is 10.2 Å². The molecule has 0 radical (unpaired) electrons. The van der Waals surface area contributed by atoms with Gasteiger partial charge in [0, 0.05) is 30.9 Å². The van der Waals surface area contributed by atoms with Crippen LogP contribution in [-0.2, 0) is 4.79 Å². The van der Waals surface area contributed by atoms with Gasteiger partial charge in [-0.3, -0.25) is 4.79 Å². The van der Waals surface area contributed by atoms with Crippen LogP contribution in [0.25, 0.3) is 0 Å². The summed E-state index contributed by atoms with van der Waals surface area (Å²) in [5, 5.41) is 12.8. The normalized spacial score (nSPS) is 19.6. The van der Waals surface area contributed by atoms with Crippen LogP contribution in [0.4, 0.5) is 4.79 Å². The van der Waals surface area contributed by atoms with Crippen molar-refractivity contribution >= 4 is 27.9 Å². The van der Waals surface area contributed by atoms with E-state index in [9.17, 15) is 9.59 Å². The minimum absolute atomic E-state index is 0.0153. The largest absolute Gasteiger partial charge is 0.465 e. The van der Waals surface area contributed by atoms with Gasteiger partial charge in [0.15, 0.2) is 0 Å². The Morgan fingerprint density at radius 2 is 2.11 bits per heavy atom. The molecular formula is C12H21BrN2O3. The Morgan fingerprint density at radius 1 is 1.33 bits per heavy atom. The summed E-state index contributed by atoms with van der Waals surface area (Å²) in [6, 6.07) is -0.0153. The number of unbranched alkanes of at least 4 members (excludes halogenated alkanes) is 2. The second-order valence-corrected chi connectivity index (χ2v) is 5.43. The van der Waals surface area contributed by atoms with Crippen LogP contribution in [0.5, 0.6) is 0 Å². The summed E-state index contributed by atoms with van der Waals surface area (Å²) in [4.78, 5) is 23.9. The first-order valence-electron chi connectivity index (χ1n) is 6.46. The Kier molecular flexibility index (Phi) is 7.08. The molecule has 0 aromatic heterocycles. The molecule has 1 aliphatic rings. The van der Waals surface area contributed by atoms with Crippen LogP contribution in [0.3, 0.4) is 0 Å². The molecule has 1 fully saturated rings. The summed E-state index contributed by atoms with van der Waals surface area (Å²) >= 11 is 3.35. The van der Waals surface area contributed by atoms with Gasteiger partial charge in [-0.25, -0.2) is 4.79 Å². The zero-order valence-corrected chi connectivity index (χ0v) is 12.1. The van der Waals surface area contributed by atoms with Gasteiger partial charge < -0.3 is 15.3 Å². The van der Waals surface area contributed by atoms with Crippen molar-refractivity contribution in [3.8, 4) is 0 Å². The maximum atomic E-state index is 11.7. The zero-order valence-electron chi connectivity index (χ0n) is 10.5. The van der Waals surface area contributed by atoms with Crippen molar-refractivity contribution in [2.75, 3.05) is 18.4 Å². The SMILES string of the molecule is O=C(CCCCCBr)NC1CCCN(C(=O)O)C1. The van der Waals surface area contributed by atoms with Crippen molar-refractivity contribution in [2.24, 2.45) is 0 Å².